The van der Waals surface area contributed by atoms with E-state index in [-0.39, 0.29) is 12.0 Å². The highest BCUT2D eigenvalue weighted by molar-refractivity contribution is 5.81. The lowest BCUT2D eigenvalue weighted by atomic mass is 10.1. The zero-order chi connectivity index (χ0) is 16.4. The molecule has 1 heterocycles. The van der Waals surface area contributed by atoms with Gasteiger partial charge in [0, 0.05) is 30.4 Å². The van der Waals surface area contributed by atoms with E-state index in [9.17, 15) is 4.79 Å². The van der Waals surface area contributed by atoms with Crippen LogP contribution in [-0.4, -0.2) is 21.4 Å². The first-order valence-corrected chi connectivity index (χ1v) is 8.54. The fourth-order valence-corrected chi connectivity index (χ4v) is 3.01. The molecule has 3 heteroatoms. The van der Waals surface area contributed by atoms with E-state index in [1.807, 2.05) is 4.90 Å². The Labute approximate surface area is 138 Å². The van der Waals surface area contributed by atoms with Crippen LogP contribution >= 0.6 is 0 Å². The molecule has 0 unspecified atom stereocenters. The van der Waals surface area contributed by atoms with Crippen LogP contribution in [0.15, 0.2) is 42.6 Å². The third-order valence-electron chi connectivity index (χ3n) is 4.52. The van der Waals surface area contributed by atoms with E-state index in [0.29, 0.717) is 12.5 Å². The van der Waals surface area contributed by atoms with Crippen LogP contribution < -0.4 is 0 Å². The standard InChI is InChI=1S/C20H26N2O/c1-15(2)22(20(23)18-9-10-18)14-19-8-5-11-21(19)13-17-7-4-6-16(3)12-17/h4-8,11-12,15,18H,9-10,13-14H2,1-3H3. The van der Waals surface area contributed by atoms with Crippen molar-refractivity contribution in [3.8, 4) is 0 Å². The molecular formula is C20H26N2O. The average molecular weight is 310 g/mol. The Kier molecular flexibility index (Phi) is 4.56. The van der Waals surface area contributed by atoms with Gasteiger partial charge in [0.1, 0.15) is 0 Å². The van der Waals surface area contributed by atoms with Gasteiger partial charge < -0.3 is 9.47 Å². The van der Waals surface area contributed by atoms with Crippen molar-refractivity contribution in [3.63, 3.8) is 0 Å². The van der Waals surface area contributed by atoms with Crippen molar-refractivity contribution in [1.29, 1.82) is 0 Å². The number of carbonyl (C=O) groups is 1. The van der Waals surface area contributed by atoms with Crippen molar-refractivity contribution < 1.29 is 4.79 Å². The van der Waals surface area contributed by atoms with E-state index in [1.54, 1.807) is 0 Å². The summed E-state index contributed by atoms with van der Waals surface area (Å²) in [7, 11) is 0. The SMILES string of the molecule is Cc1cccc(Cn2cccc2CN(C(=O)C2CC2)C(C)C)c1. The van der Waals surface area contributed by atoms with Crippen molar-refractivity contribution in [2.24, 2.45) is 5.92 Å². The Morgan fingerprint density at radius 3 is 2.70 bits per heavy atom. The monoisotopic (exact) mass is 310 g/mol. The third kappa shape index (κ3) is 3.84. The van der Waals surface area contributed by atoms with Crippen molar-refractivity contribution in [3.05, 3.63) is 59.4 Å². The minimum absolute atomic E-state index is 0.241. The normalized spacial score (nSPS) is 14.3. The Bertz CT molecular complexity index is 682. The summed E-state index contributed by atoms with van der Waals surface area (Å²) in [5, 5.41) is 0. The van der Waals surface area contributed by atoms with E-state index < -0.39 is 0 Å². The molecule has 0 radical (unpaired) electrons. The molecule has 0 N–H and O–H groups in total. The zero-order valence-electron chi connectivity index (χ0n) is 14.3. The lowest BCUT2D eigenvalue weighted by Gasteiger charge is -2.27. The van der Waals surface area contributed by atoms with Crippen LogP contribution in [-0.2, 0) is 17.9 Å². The quantitative estimate of drug-likeness (QED) is 0.792. The van der Waals surface area contributed by atoms with Crippen LogP contribution in [0.3, 0.4) is 0 Å². The second-order valence-electron chi connectivity index (χ2n) is 6.95. The molecule has 0 aliphatic heterocycles. The smallest absolute Gasteiger partial charge is 0.226 e. The summed E-state index contributed by atoms with van der Waals surface area (Å²) in [6.07, 6.45) is 4.23. The van der Waals surface area contributed by atoms with Gasteiger partial charge in [-0.15, -0.1) is 0 Å². The van der Waals surface area contributed by atoms with Crippen molar-refractivity contribution in [2.45, 2.75) is 52.7 Å². The Morgan fingerprint density at radius 1 is 1.26 bits per heavy atom. The van der Waals surface area contributed by atoms with Gasteiger partial charge in [-0.25, -0.2) is 0 Å². The second kappa shape index (κ2) is 6.61. The average Bonchev–Trinajstić information content (AvgIpc) is 3.26. The molecule has 1 aliphatic carbocycles. The molecule has 3 nitrogen and oxygen atoms in total. The number of nitrogens with zero attached hydrogens (tertiary/aromatic N) is 2. The largest absolute Gasteiger partial charge is 0.345 e. The maximum Gasteiger partial charge on any atom is 0.226 e. The fraction of sp³-hybridized carbons (Fsp3) is 0.450. The molecule has 1 aromatic heterocycles. The maximum atomic E-state index is 12.5. The minimum atomic E-state index is 0.241. The Morgan fingerprint density at radius 2 is 2.04 bits per heavy atom. The van der Waals surface area contributed by atoms with Crippen LogP contribution in [0.4, 0.5) is 0 Å². The van der Waals surface area contributed by atoms with Gasteiger partial charge in [0.15, 0.2) is 0 Å². The summed E-state index contributed by atoms with van der Waals surface area (Å²) in [6.45, 7) is 7.89. The number of aromatic nitrogens is 1. The highest BCUT2D eigenvalue weighted by atomic mass is 16.2. The molecule has 1 saturated carbocycles. The molecule has 2 aromatic rings. The molecule has 122 valence electrons. The van der Waals surface area contributed by atoms with Gasteiger partial charge in [0.2, 0.25) is 5.91 Å². The Balaban J connectivity index is 1.75. The second-order valence-corrected chi connectivity index (χ2v) is 6.95. The van der Waals surface area contributed by atoms with Crippen LogP contribution in [0.1, 0.15) is 43.5 Å². The van der Waals surface area contributed by atoms with Crippen LogP contribution in [0.25, 0.3) is 0 Å². The summed E-state index contributed by atoms with van der Waals surface area (Å²) < 4.78 is 2.25. The molecule has 0 saturated heterocycles. The van der Waals surface area contributed by atoms with Crippen LogP contribution in [0.2, 0.25) is 0 Å². The highest BCUT2D eigenvalue weighted by Crippen LogP contribution is 2.32. The summed E-state index contributed by atoms with van der Waals surface area (Å²) in [4.78, 5) is 14.5. The molecule has 1 aromatic carbocycles. The summed E-state index contributed by atoms with van der Waals surface area (Å²) in [5.41, 5.74) is 3.78. The fourth-order valence-electron chi connectivity index (χ4n) is 3.01. The first-order chi connectivity index (χ1) is 11.0. The number of hydrogen-bond donors (Lipinski definition) is 0. The predicted octanol–water partition coefficient (Wildman–Crippen LogP) is 3.99. The molecule has 0 bridgehead atoms. The molecule has 0 spiro atoms. The summed E-state index contributed by atoms with van der Waals surface area (Å²) >= 11 is 0. The molecule has 1 fully saturated rings. The van der Waals surface area contributed by atoms with Gasteiger partial charge >= 0.3 is 0 Å². The van der Waals surface area contributed by atoms with Gasteiger partial charge in [-0.05, 0) is 51.3 Å². The number of carbonyl (C=O) groups excluding carboxylic acids is 1. The zero-order valence-corrected chi connectivity index (χ0v) is 14.3. The van der Waals surface area contributed by atoms with Crippen LogP contribution in [0, 0.1) is 12.8 Å². The van der Waals surface area contributed by atoms with Crippen molar-refractivity contribution in [2.75, 3.05) is 0 Å². The predicted molar refractivity (Wildman–Crippen MR) is 93.1 cm³/mol. The third-order valence-corrected chi connectivity index (χ3v) is 4.52. The lowest BCUT2D eigenvalue weighted by molar-refractivity contribution is -0.135. The van der Waals surface area contributed by atoms with Gasteiger partial charge in [0.05, 0.1) is 6.54 Å². The first kappa shape index (κ1) is 15.9. The van der Waals surface area contributed by atoms with Gasteiger partial charge in [-0.2, -0.15) is 0 Å². The van der Waals surface area contributed by atoms with Gasteiger partial charge in [0.25, 0.3) is 0 Å². The van der Waals surface area contributed by atoms with E-state index in [1.165, 1.54) is 16.8 Å². The molecular weight excluding hydrogens is 284 g/mol. The van der Waals surface area contributed by atoms with Gasteiger partial charge in [-0.1, -0.05) is 29.8 Å². The van der Waals surface area contributed by atoms with Gasteiger partial charge in [-0.3, -0.25) is 4.79 Å². The lowest BCUT2D eigenvalue weighted by Crippen LogP contribution is -2.38. The van der Waals surface area contributed by atoms with E-state index >= 15 is 0 Å². The van der Waals surface area contributed by atoms with Crippen molar-refractivity contribution >= 4 is 5.91 Å². The first-order valence-electron chi connectivity index (χ1n) is 8.54. The Hall–Kier alpha value is -2.03. The summed E-state index contributed by atoms with van der Waals surface area (Å²) in [5.74, 6) is 0.598. The molecule has 3 rings (SSSR count). The van der Waals surface area contributed by atoms with Crippen LogP contribution in [0.5, 0.6) is 0 Å². The number of benzene rings is 1. The van der Waals surface area contributed by atoms with E-state index in [2.05, 4.69) is 67.9 Å². The van der Waals surface area contributed by atoms with E-state index in [0.717, 1.165) is 19.4 Å². The molecule has 23 heavy (non-hydrogen) atoms. The number of amides is 1. The van der Waals surface area contributed by atoms with Crippen molar-refractivity contribution in [1.82, 2.24) is 9.47 Å². The highest BCUT2D eigenvalue weighted by Gasteiger charge is 2.34. The molecule has 1 aliphatic rings. The summed E-state index contributed by atoms with van der Waals surface area (Å²) in [6, 6.07) is 13.0. The molecule has 1 amide bonds. The number of aryl methyl sites for hydroxylation is 1. The minimum Gasteiger partial charge on any atom is -0.345 e. The number of rotatable bonds is 6. The topological polar surface area (TPSA) is 25.2 Å². The molecule has 0 atom stereocenters. The maximum absolute atomic E-state index is 12.5. The van der Waals surface area contributed by atoms with E-state index in [4.69, 9.17) is 0 Å². The number of hydrogen-bond acceptors (Lipinski definition) is 1.